The number of hydrogen-bond acceptors (Lipinski definition) is 2. The van der Waals surface area contributed by atoms with Gasteiger partial charge in [0.1, 0.15) is 12.4 Å². The molecule has 1 fully saturated rings. The lowest BCUT2D eigenvalue weighted by Gasteiger charge is -2.11. The average Bonchev–Trinajstić information content (AvgIpc) is 2.93. The zero-order chi connectivity index (χ0) is 10.8. The number of aliphatic hydroxyl groups excluding tert-OH is 1. The van der Waals surface area contributed by atoms with Crippen LogP contribution < -0.4 is 4.74 Å². The van der Waals surface area contributed by atoms with Crippen LogP contribution in [0.3, 0.4) is 0 Å². The van der Waals surface area contributed by atoms with Crippen molar-refractivity contribution in [1.82, 2.24) is 0 Å². The van der Waals surface area contributed by atoms with E-state index in [1.165, 1.54) is 17.5 Å². The first-order valence-corrected chi connectivity index (χ1v) is 5.56. The Labute approximate surface area is 90.9 Å². The Hall–Kier alpha value is -1.02. The summed E-state index contributed by atoms with van der Waals surface area (Å²) >= 11 is 0. The highest BCUT2D eigenvalue weighted by atomic mass is 16.5. The van der Waals surface area contributed by atoms with Crippen LogP contribution in [0.4, 0.5) is 0 Å². The maximum absolute atomic E-state index is 8.75. The largest absolute Gasteiger partial charge is 0.491 e. The van der Waals surface area contributed by atoms with Crippen LogP contribution in [0, 0.1) is 12.8 Å². The van der Waals surface area contributed by atoms with Crippen LogP contribution in [0.1, 0.15) is 30.4 Å². The van der Waals surface area contributed by atoms with Crippen molar-refractivity contribution in [3.05, 3.63) is 29.3 Å². The predicted octanol–water partition coefficient (Wildman–Crippen LogP) is 2.49. The molecule has 2 heteroatoms. The van der Waals surface area contributed by atoms with Gasteiger partial charge in [0.15, 0.2) is 0 Å². The third kappa shape index (κ3) is 2.32. The molecule has 1 saturated carbocycles. The molecule has 0 aliphatic heterocycles. The van der Waals surface area contributed by atoms with Crippen molar-refractivity contribution in [2.24, 2.45) is 5.92 Å². The molecule has 0 radical (unpaired) electrons. The Bertz CT molecular complexity index is 346. The molecule has 0 spiro atoms. The third-order valence-electron chi connectivity index (χ3n) is 3.02. The fourth-order valence-electron chi connectivity index (χ4n) is 2.00. The Kier molecular flexibility index (Phi) is 2.96. The molecule has 0 heterocycles. The fourth-order valence-corrected chi connectivity index (χ4v) is 2.00. The smallest absolute Gasteiger partial charge is 0.122 e. The van der Waals surface area contributed by atoms with E-state index in [0.717, 1.165) is 11.7 Å². The molecular formula is C13H18O2. The summed E-state index contributed by atoms with van der Waals surface area (Å²) < 4.78 is 5.54. The zero-order valence-corrected chi connectivity index (χ0v) is 9.36. The highest BCUT2D eigenvalue weighted by Crippen LogP contribution is 2.50. The molecule has 2 atom stereocenters. The van der Waals surface area contributed by atoms with E-state index < -0.39 is 0 Å². The molecule has 15 heavy (non-hydrogen) atoms. The molecule has 1 aliphatic rings. The summed E-state index contributed by atoms with van der Waals surface area (Å²) in [5, 5.41) is 8.75. The van der Waals surface area contributed by atoms with E-state index in [2.05, 4.69) is 26.0 Å². The van der Waals surface area contributed by atoms with Gasteiger partial charge in [-0.2, -0.15) is 0 Å². The van der Waals surface area contributed by atoms with Gasteiger partial charge in [-0.25, -0.2) is 0 Å². The van der Waals surface area contributed by atoms with Crippen molar-refractivity contribution in [1.29, 1.82) is 0 Å². The van der Waals surface area contributed by atoms with E-state index in [-0.39, 0.29) is 6.61 Å². The topological polar surface area (TPSA) is 29.5 Å². The summed E-state index contributed by atoms with van der Waals surface area (Å²) in [6.45, 7) is 4.83. The van der Waals surface area contributed by atoms with Crippen LogP contribution in [-0.4, -0.2) is 18.3 Å². The van der Waals surface area contributed by atoms with Gasteiger partial charge in [-0.15, -0.1) is 0 Å². The lowest BCUT2D eigenvalue weighted by molar-refractivity contribution is 0.200. The normalized spacial score (nSPS) is 23.9. The summed E-state index contributed by atoms with van der Waals surface area (Å²) in [5.74, 6) is 2.39. The van der Waals surface area contributed by atoms with Gasteiger partial charge in [-0.3, -0.25) is 0 Å². The molecule has 0 bridgehead atoms. The molecule has 1 N–H and O–H groups in total. The van der Waals surface area contributed by atoms with Gasteiger partial charge in [0.25, 0.3) is 0 Å². The van der Waals surface area contributed by atoms with Gasteiger partial charge in [-0.05, 0) is 36.8 Å². The van der Waals surface area contributed by atoms with Crippen molar-refractivity contribution in [3.63, 3.8) is 0 Å². The van der Waals surface area contributed by atoms with Gasteiger partial charge in [0, 0.05) is 0 Å². The molecule has 2 nitrogen and oxygen atoms in total. The van der Waals surface area contributed by atoms with Gasteiger partial charge >= 0.3 is 0 Å². The number of benzene rings is 1. The first-order valence-electron chi connectivity index (χ1n) is 5.56. The molecule has 0 amide bonds. The molecule has 1 aromatic rings. The number of rotatable bonds is 4. The Balaban J connectivity index is 2.20. The van der Waals surface area contributed by atoms with Gasteiger partial charge in [0.2, 0.25) is 0 Å². The molecule has 0 aromatic heterocycles. The van der Waals surface area contributed by atoms with Gasteiger partial charge in [-0.1, -0.05) is 24.6 Å². The van der Waals surface area contributed by atoms with Crippen LogP contribution in [-0.2, 0) is 0 Å². The van der Waals surface area contributed by atoms with Crippen molar-refractivity contribution in [3.8, 4) is 5.75 Å². The quantitative estimate of drug-likeness (QED) is 0.820. The average molecular weight is 206 g/mol. The monoisotopic (exact) mass is 206 g/mol. The molecule has 1 aliphatic carbocycles. The Morgan fingerprint density at radius 1 is 1.47 bits per heavy atom. The molecule has 1 unspecified atom stereocenters. The summed E-state index contributed by atoms with van der Waals surface area (Å²) in [5.41, 5.74) is 2.59. The highest BCUT2D eigenvalue weighted by molar-refractivity contribution is 5.42. The van der Waals surface area contributed by atoms with E-state index in [0.29, 0.717) is 12.5 Å². The maximum atomic E-state index is 8.75. The van der Waals surface area contributed by atoms with Gasteiger partial charge in [0.05, 0.1) is 6.61 Å². The van der Waals surface area contributed by atoms with Crippen molar-refractivity contribution in [2.45, 2.75) is 26.2 Å². The second-order valence-corrected chi connectivity index (χ2v) is 4.43. The van der Waals surface area contributed by atoms with E-state index in [1.807, 2.05) is 6.07 Å². The minimum Gasteiger partial charge on any atom is -0.491 e. The van der Waals surface area contributed by atoms with Crippen molar-refractivity contribution >= 4 is 0 Å². The molecular weight excluding hydrogens is 188 g/mol. The lowest BCUT2D eigenvalue weighted by atomic mass is 10.1. The Morgan fingerprint density at radius 2 is 2.20 bits per heavy atom. The summed E-state index contributed by atoms with van der Waals surface area (Å²) in [6.07, 6.45) is 1.26. The molecule has 0 saturated heterocycles. The summed E-state index contributed by atoms with van der Waals surface area (Å²) in [6, 6.07) is 6.29. The fraction of sp³-hybridized carbons (Fsp3) is 0.538. The zero-order valence-electron chi connectivity index (χ0n) is 9.36. The summed E-state index contributed by atoms with van der Waals surface area (Å²) in [7, 11) is 0. The predicted molar refractivity (Wildman–Crippen MR) is 60.3 cm³/mol. The SMILES string of the molecule is Cc1ccc(OCCO)c([C@@H]2CC2C)c1. The van der Waals surface area contributed by atoms with Gasteiger partial charge < -0.3 is 9.84 Å². The number of hydrogen-bond donors (Lipinski definition) is 1. The van der Waals surface area contributed by atoms with Crippen LogP contribution in [0.15, 0.2) is 18.2 Å². The molecule has 82 valence electrons. The van der Waals surface area contributed by atoms with Crippen molar-refractivity contribution in [2.75, 3.05) is 13.2 Å². The van der Waals surface area contributed by atoms with E-state index in [1.54, 1.807) is 0 Å². The highest BCUT2D eigenvalue weighted by Gasteiger charge is 2.36. The number of aliphatic hydroxyl groups is 1. The van der Waals surface area contributed by atoms with Crippen LogP contribution >= 0.6 is 0 Å². The Morgan fingerprint density at radius 3 is 2.80 bits per heavy atom. The van der Waals surface area contributed by atoms with E-state index in [9.17, 15) is 0 Å². The first kappa shape index (κ1) is 10.5. The minimum atomic E-state index is 0.0769. The standard InChI is InChI=1S/C13H18O2/c1-9-3-4-13(15-6-5-14)12(7-9)11-8-10(11)2/h3-4,7,10-11,14H,5-6,8H2,1-2H3/t10?,11-/m1/s1. The maximum Gasteiger partial charge on any atom is 0.122 e. The molecule has 1 aromatic carbocycles. The van der Waals surface area contributed by atoms with E-state index in [4.69, 9.17) is 9.84 Å². The van der Waals surface area contributed by atoms with E-state index >= 15 is 0 Å². The third-order valence-corrected chi connectivity index (χ3v) is 3.02. The lowest BCUT2D eigenvalue weighted by Crippen LogP contribution is -2.03. The summed E-state index contributed by atoms with van der Waals surface area (Å²) in [4.78, 5) is 0. The second kappa shape index (κ2) is 4.23. The van der Waals surface area contributed by atoms with Crippen LogP contribution in [0.25, 0.3) is 0 Å². The van der Waals surface area contributed by atoms with Crippen LogP contribution in [0.5, 0.6) is 5.75 Å². The molecule has 2 rings (SSSR count). The second-order valence-electron chi connectivity index (χ2n) is 4.43. The minimum absolute atomic E-state index is 0.0769. The number of aryl methyl sites for hydroxylation is 1. The number of ether oxygens (including phenoxy) is 1. The van der Waals surface area contributed by atoms with Crippen LogP contribution in [0.2, 0.25) is 0 Å². The first-order chi connectivity index (χ1) is 7.22. The van der Waals surface area contributed by atoms with Crippen molar-refractivity contribution < 1.29 is 9.84 Å².